The minimum absolute atomic E-state index is 0.236. The molecule has 31 heavy (non-hydrogen) atoms. The van der Waals surface area contributed by atoms with Crippen LogP contribution in [0.4, 0.5) is 11.4 Å². The zero-order chi connectivity index (χ0) is 21.4. The van der Waals surface area contributed by atoms with E-state index in [0.717, 1.165) is 62.5 Å². The van der Waals surface area contributed by atoms with E-state index in [4.69, 9.17) is 4.74 Å². The lowest BCUT2D eigenvalue weighted by Gasteiger charge is -2.30. The van der Waals surface area contributed by atoms with E-state index in [1.807, 2.05) is 30.3 Å². The molecule has 8 heteroatoms. The first-order valence-electron chi connectivity index (χ1n) is 10.8. The summed E-state index contributed by atoms with van der Waals surface area (Å²) >= 11 is 0. The van der Waals surface area contributed by atoms with Crippen LogP contribution in [0.25, 0.3) is 10.9 Å². The van der Waals surface area contributed by atoms with E-state index < -0.39 is 10.0 Å². The average molecular weight is 441 g/mol. The lowest BCUT2D eigenvalue weighted by molar-refractivity contribution is 0.121. The minimum Gasteiger partial charge on any atom is -0.380 e. The van der Waals surface area contributed by atoms with Crippen molar-refractivity contribution in [2.75, 3.05) is 56.2 Å². The molecule has 3 heterocycles. The predicted octanol–water partition coefficient (Wildman–Crippen LogP) is 2.51. The van der Waals surface area contributed by atoms with Gasteiger partial charge in [-0.05, 0) is 48.9 Å². The highest BCUT2D eigenvalue weighted by Crippen LogP contribution is 2.31. The van der Waals surface area contributed by atoms with Crippen molar-refractivity contribution >= 4 is 32.3 Å². The van der Waals surface area contributed by atoms with Crippen LogP contribution < -0.4 is 15.1 Å². The zero-order valence-electron chi connectivity index (χ0n) is 17.7. The molecule has 2 fully saturated rings. The third-order valence-corrected chi connectivity index (χ3v) is 8.07. The number of ether oxygens (including phenoxy) is 1. The molecule has 1 unspecified atom stereocenters. The van der Waals surface area contributed by atoms with Crippen LogP contribution in [0.1, 0.15) is 6.42 Å². The first kappa shape index (κ1) is 20.4. The average Bonchev–Trinajstić information content (AvgIpc) is 3.47. The number of piperazine rings is 1. The fraction of sp³-hybridized carbons (Fsp3) is 0.391. The van der Waals surface area contributed by atoms with Crippen LogP contribution >= 0.6 is 0 Å². The summed E-state index contributed by atoms with van der Waals surface area (Å²) in [5.41, 5.74) is 2.82. The van der Waals surface area contributed by atoms with Crippen molar-refractivity contribution in [3.8, 4) is 0 Å². The maximum Gasteiger partial charge on any atom is 0.268 e. The Balaban J connectivity index is 1.45. The summed E-state index contributed by atoms with van der Waals surface area (Å²) < 4.78 is 33.7. The highest BCUT2D eigenvalue weighted by Gasteiger charge is 2.24. The molecule has 164 valence electrons. The molecule has 0 spiro atoms. The zero-order valence-corrected chi connectivity index (χ0v) is 18.5. The van der Waals surface area contributed by atoms with Gasteiger partial charge in [0.2, 0.25) is 0 Å². The van der Waals surface area contributed by atoms with Crippen LogP contribution in [0.3, 0.4) is 0 Å². The Labute approximate surface area is 183 Å². The Morgan fingerprint density at radius 1 is 0.968 bits per heavy atom. The van der Waals surface area contributed by atoms with E-state index in [0.29, 0.717) is 10.4 Å². The van der Waals surface area contributed by atoms with E-state index in [1.54, 1.807) is 25.4 Å². The summed E-state index contributed by atoms with van der Waals surface area (Å²) in [7, 11) is -1.95. The Bertz CT molecular complexity index is 1170. The van der Waals surface area contributed by atoms with Crippen LogP contribution in [0, 0.1) is 0 Å². The van der Waals surface area contributed by atoms with Gasteiger partial charge < -0.3 is 19.9 Å². The Morgan fingerprint density at radius 3 is 2.45 bits per heavy atom. The first-order valence-corrected chi connectivity index (χ1v) is 12.2. The van der Waals surface area contributed by atoms with Gasteiger partial charge in [-0.15, -0.1) is 0 Å². The highest BCUT2D eigenvalue weighted by molar-refractivity contribution is 7.90. The smallest absolute Gasteiger partial charge is 0.268 e. The highest BCUT2D eigenvalue weighted by atomic mass is 32.2. The minimum atomic E-state index is -3.68. The molecule has 0 amide bonds. The third kappa shape index (κ3) is 3.69. The second-order valence-corrected chi connectivity index (χ2v) is 9.96. The number of fused-ring (bicyclic) bond motifs is 1. The molecule has 0 saturated carbocycles. The molecular weight excluding hydrogens is 412 g/mol. The number of rotatable bonds is 5. The van der Waals surface area contributed by atoms with Crippen LogP contribution in [0.5, 0.6) is 0 Å². The molecule has 3 aromatic rings. The van der Waals surface area contributed by atoms with Crippen LogP contribution in [-0.2, 0) is 14.8 Å². The number of hydrogen-bond acceptors (Lipinski definition) is 6. The van der Waals surface area contributed by atoms with Crippen molar-refractivity contribution in [1.29, 1.82) is 0 Å². The van der Waals surface area contributed by atoms with Crippen molar-refractivity contribution in [2.45, 2.75) is 17.4 Å². The Kier molecular flexibility index (Phi) is 5.37. The van der Waals surface area contributed by atoms with E-state index in [9.17, 15) is 8.42 Å². The molecule has 2 aromatic carbocycles. The predicted molar refractivity (Wildman–Crippen MR) is 124 cm³/mol. The number of aromatic nitrogens is 1. The fourth-order valence-electron chi connectivity index (χ4n) is 4.62. The second-order valence-electron chi connectivity index (χ2n) is 8.15. The number of hydrogen-bond donors (Lipinski definition) is 1. The van der Waals surface area contributed by atoms with Crippen molar-refractivity contribution in [1.82, 2.24) is 9.29 Å². The van der Waals surface area contributed by atoms with Gasteiger partial charge in [-0.25, -0.2) is 12.4 Å². The van der Waals surface area contributed by atoms with Gasteiger partial charge in [0.05, 0.1) is 16.5 Å². The summed E-state index contributed by atoms with van der Waals surface area (Å²) in [6.07, 6.45) is 2.89. The number of nitrogens with one attached hydrogen (secondary N) is 1. The molecular formula is C23H28N4O3S. The number of nitrogens with zero attached hydrogens (tertiary/aromatic N) is 3. The van der Waals surface area contributed by atoms with E-state index >= 15 is 0 Å². The van der Waals surface area contributed by atoms with E-state index in [1.165, 1.54) is 3.97 Å². The molecule has 1 N–H and O–H groups in total. The number of benzene rings is 2. The fourth-order valence-corrected chi connectivity index (χ4v) is 5.96. The lowest BCUT2D eigenvalue weighted by atomic mass is 10.2. The van der Waals surface area contributed by atoms with Crippen LogP contribution in [-0.4, -0.2) is 64.9 Å². The molecule has 1 aromatic heterocycles. The molecule has 0 aliphatic carbocycles. The Hall–Kier alpha value is -2.55. The molecule has 2 saturated heterocycles. The normalized spacial score (nSPS) is 20.0. The van der Waals surface area contributed by atoms with Crippen molar-refractivity contribution in [3.63, 3.8) is 0 Å². The van der Waals surface area contributed by atoms with E-state index in [-0.39, 0.29) is 6.10 Å². The van der Waals surface area contributed by atoms with Crippen LogP contribution in [0.2, 0.25) is 0 Å². The molecule has 1 atom stereocenters. The van der Waals surface area contributed by atoms with Crippen molar-refractivity contribution < 1.29 is 13.2 Å². The summed E-state index contributed by atoms with van der Waals surface area (Å²) in [4.78, 5) is 4.84. The summed E-state index contributed by atoms with van der Waals surface area (Å²) in [5.74, 6) is 0. The van der Waals surface area contributed by atoms with Gasteiger partial charge in [-0.2, -0.15) is 0 Å². The van der Waals surface area contributed by atoms with Gasteiger partial charge in [0.25, 0.3) is 10.0 Å². The van der Waals surface area contributed by atoms with Gasteiger partial charge in [-0.3, -0.25) is 0 Å². The standard InChI is InChI=1S/C23H28N4O3S/c1-30-19-9-13-26(17-19)18-5-7-20(8-6-18)31(28,29)27-14-10-21-22(3-2-4-23(21)27)25-15-11-24-12-16-25/h2-8,10,14,19,24H,9,11-13,15-17H2,1H3. The summed E-state index contributed by atoms with van der Waals surface area (Å²) in [5, 5.41) is 4.33. The monoisotopic (exact) mass is 440 g/mol. The largest absolute Gasteiger partial charge is 0.380 e. The SMILES string of the molecule is COC1CCN(c2ccc(S(=O)(=O)n3ccc4c(N5CCNCC5)cccc43)cc2)C1. The van der Waals surface area contributed by atoms with Gasteiger partial charge in [0.1, 0.15) is 0 Å². The van der Waals surface area contributed by atoms with Gasteiger partial charge in [-0.1, -0.05) is 6.07 Å². The second kappa shape index (κ2) is 8.18. The van der Waals surface area contributed by atoms with Crippen molar-refractivity contribution in [2.24, 2.45) is 0 Å². The van der Waals surface area contributed by atoms with E-state index in [2.05, 4.69) is 21.2 Å². The molecule has 2 aliphatic heterocycles. The molecule has 0 bridgehead atoms. The topological polar surface area (TPSA) is 66.8 Å². The van der Waals surface area contributed by atoms with Crippen LogP contribution in [0.15, 0.2) is 59.6 Å². The quantitative estimate of drug-likeness (QED) is 0.658. The number of anilines is 2. The van der Waals surface area contributed by atoms with Gasteiger partial charge in [0, 0.05) is 69.3 Å². The summed E-state index contributed by atoms with van der Waals surface area (Å²) in [6.45, 7) is 5.45. The number of methoxy groups -OCH3 is 1. The molecule has 5 rings (SSSR count). The van der Waals surface area contributed by atoms with Gasteiger partial charge in [0.15, 0.2) is 0 Å². The van der Waals surface area contributed by atoms with Crippen molar-refractivity contribution in [3.05, 3.63) is 54.7 Å². The molecule has 0 radical (unpaired) electrons. The van der Waals surface area contributed by atoms with Gasteiger partial charge >= 0.3 is 0 Å². The molecule has 7 nitrogen and oxygen atoms in total. The first-order chi connectivity index (χ1) is 15.1. The molecule has 2 aliphatic rings. The summed E-state index contributed by atoms with van der Waals surface area (Å²) in [6, 6.07) is 15.0. The third-order valence-electron chi connectivity index (χ3n) is 6.37. The maximum absolute atomic E-state index is 13.4. The lowest BCUT2D eigenvalue weighted by Crippen LogP contribution is -2.43. The Morgan fingerprint density at radius 2 is 1.74 bits per heavy atom. The maximum atomic E-state index is 13.4.